The molecule has 0 aromatic carbocycles. The van der Waals surface area contributed by atoms with Gasteiger partial charge in [-0.1, -0.05) is 6.07 Å². The van der Waals surface area contributed by atoms with Crippen LogP contribution in [0.2, 0.25) is 0 Å². The number of hydrogen-bond donors (Lipinski definition) is 1. The summed E-state index contributed by atoms with van der Waals surface area (Å²) in [4.78, 5) is 28.0. The summed E-state index contributed by atoms with van der Waals surface area (Å²) < 4.78 is 1.65. The van der Waals surface area contributed by atoms with Gasteiger partial charge in [0.25, 0.3) is 5.56 Å². The number of aromatic nitrogens is 1. The minimum atomic E-state index is -0.0145. The van der Waals surface area contributed by atoms with Crippen molar-refractivity contribution in [3.05, 3.63) is 34.7 Å². The Bertz CT molecular complexity index is 551. The molecule has 1 aromatic heterocycles. The average molecular weight is 290 g/mol. The third-order valence-corrected chi connectivity index (χ3v) is 4.39. The summed E-state index contributed by atoms with van der Waals surface area (Å²) >= 11 is 0. The van der Waals surface area contributed by atoms with E-state index in [0.29, 0.717) is 19.1 Å². The van der Waals surface area contributed by atoms with Crippen molar-refractivity contribution in [2.75, 3.05) is 32.7 Å². The van der Waals surface area contributed by atoms with Crippen molar-refractivity contribution in [1.29, 1.82) is 0 Å². The molecule has 6 nitrogen and oxygen atoms in total. The predicted molar refractivity (Wildman–Crippen MR) is 80.3 cm³/mol. The number of nitrogens with zero attached hydrogens (tertiary/aromatic N) is 3. The molecule has 0 aliphatic carbocycles. The minimum absolute atomic E-state index is 0.0145. The minimum Gasteiger partial charge on any atom is -0.321 e. The highest BCUT2D eigenvalue weighted by Crippen LogP contribution is 2.18. The van der Waals surface area contributed by atoms with Gasteiger partial charge in [-0.2, -0.15) is 0 Å². The number of pyridine rings is 1. The Morgan fingerprint density at radius 2 is 1.90 bits per heavy atom. The molecule has 0 radical (unpaired) electrons. The number of carbonyl (C=O) groups excluding carboxylic acids is 1. The molecule has 6 heteroatoms. The van der Waals surface area contributed by atoms with Crippen LogP contribution in [0.4, 0.5) is 4.79 Å². The second kappa shape index (κ2) is 6.30. The van der Waals surface area contributed by atoms with E-state index in [1.165, 1.54) is 0 Å². The first-order chi connectivity index (χ1) is 10.3. The summed E-state index contributed by atoms with van der Waals surface area (Å²) in [5.41, 5.74) is -0.0145. The number of urea groups is 1. The van der Waals surface area contributed by atoms with E-state index in [2.05, 4.69) is 5.32 Å². The first-order valence-electron chi connectivity index (χ1n) is 7.67. The number of rotatable bonds is 4. The third-order valence-electron chi connectivity index (χ3n) is 4.39. The molecule has 2 aliphatic rings. The second-order valence-corrected chi connectivity index (χ2v) is 5.68. The molecular formula is C15H22N4O2. The van der Waals surface area contributed by atoms with Gasteiger partial charge in [-0.25, -0.2) is 4.79 Å². The highest BCUT2D eigenvalue weighted by Gasteiger charge is 2.33. The second-order valence-electron chi connectivity index (χ2n) is 5.68. The lowest BCUT2D eigenvalue weighted by molar-refractivity contribution is 0.165. The number of nitrogens with one attached hydrogen (secondary N) is 1. The summed E-state index contributed by atoms with van der Waals surface area (Å²) in [5, 5.41) is 3.33. The lowest BCUT2D eigenvalue weighted by atomic mass is 10.1. The summed E-state index contributed by atoms with van der Waals surface area (Å²) in [6, 6.07) is 5.63. The third kappa shape index (κ3) is 3.10. The molecule has 2 amide bonds. The standard InChI is InChI=1S/C15H22N4O2/c20-14-3-1-2-8-17(14)9-10-18-11-12-19(15(18)21)13-4-6-16-7-5-13/h1-3,8,13,16H,4-7,9-12H2. The zero-order valence-corrected chi connectivity index (χ0v) is 12.2. The number of piperidine rings is 1. The Labute approximate surface area is 124 Å². The highest BCUT2D eigenvalue weighted by molar-refractivity contribution is 5.76. The maximum absolute atomic E-state index is 12.5. The fraction of sp³-hybridized carbons (Fsp3) is 0.600. The molecule has 0 spiro atoms. The van der Waals surface area contributed by atoms with Gasteiger partial charge in [-0.3, -0.25) is 4.79 Å². The zero-order chi connectivity index (χ0) is 14.7. The van der Waals surface area contributed by atoms with E-state index in [9.17, 15) is 9.59 Å². The largest absolute Gasteiger partial charge is 0.321 e. The smallest absolute Gasteiger partial charge is 0.320 e. The topological polar surface area (TPSA) is 57.6 Å². The van der Waals surface area contributed by atoms with Crippen LogP contribution in [0.25, 0.3) is 0 Å². The number of hydrogen-bond acceptors (Lipinski definition) is 3. The molecular weight excluding hydrogens is 268 g/mol. The Morgan fingerprint density at radius 1 is 1.10 bits per heavy atom. The fourth-order valence-electron chi connectivity index (χ4n) is 3.14. The van der Waals surface area contributed by atoms with Crippen LogP contribution in [0.15, 0.2) is 29.2 Å². The van der Waals surface area contributed by atoms with Crippen molar-refractivity contribution in [3.63, 3.8) is 0 Å². The Balaban J connectivity index is 1.57. The van der Waals surface area contributed by atoms with Gasteiger partial charge in [-0.15, -0.1) is 0 Å². The molecule has 2 aliphatic heterocycles. The molecule has 21 heavy (non-hydrogen) atoms. The van der Waals surface area contributed by atoms with Gasteiger partial charge in [0.15, 0.2) is 0 Å². The van der Waals surface area contributed by atoms with E-state index in [0.717, 1.165) is 39.0 Å². The Hall–Kier alpha value is -1.82. The Morgan fingerprint density at radius 3 is 2.67 bits per heavy atom. The SMILES string of the molecule is O=C1N(CCn2ccccc2=O)CCN1C1CCNCC1. The first-order valence-corrected chi connectivity index (χ1v) is 7.67. The highest BCUT2D eigenvalue weighted by atomic mass is 16.2. The molecule has 2 fully saturated rings. The molecule has 0 saturated carbocycles. The zero-order valence-electron chi connectivity index (χ0n) is 12.2. The van der Waals surface area contributed by atoms with Gasteiger partial charge in [0.05, 0.1) is 0 Å². The van der Waals surface area contributed by atoms with E-state index in [1.54, 1.807) is 22.9 Å². The van der Waals surface area contributed by atoms with Crippen molar-refractivity contribution in [1.82, 2.24) is 19.7 Å². The van der Waals surface area contributed by atoms with E-state index in [4.69, 9.17) is 0 Å². The molecule has 0 unspecified atom stereocenters. The van der Waals surface area contributed by atoms with E-state index in [-0.39, 0.29) is 11.6 Å². The number of amides is 2. The number of carbonyl (C=O) groups is 1. The quantitative estimate of drug-likeness (QED) is 0.870. The lowest BCUT2D eigenvalue weighted by Crippen LogP contribution is -2.45. The van der Waals surface area contributed by atoms with Crippen LogP contribution < -0.4 is 10.9 Å². The normalized spacial score (nSPS) is 20.3. The molecule has 3 heterocycles. The van der Waals surface area contributed by atoms with Crippen LogP contribution in [0.1, 0.15) is 12.8 Å². The molecule has 1 N–H and O–H groups in total. The summed E-state index contributed by atoms with van der Waals surface area (Å²) in [6.07, 6.45) is 3.85. The first kappa shape index (κ1) is 14.1. The molecule has 3 rings (SSSR count). The van der Waals surface area contributed by atoms with Crippen molar-refractivity contribution < 1.29 is 4.79 Å². The Kier molecular flexibility index (Phi) is 4.24. The van der Waals surface area contributed by atoms with Crippen LogP contribution in [0, 0.1) is 0 Å². The van der Waals surface area contributed by atoms with Crippen LogP contribution in [0.3, 0.4) is 0 Å². The monoisotopic (exact) mass is 290 g/mol. The van der Waals surface area contributed by atoms with Crippen LogP contribution in [-0.4, -0.2) is 59.2 Å². The van der Waals surface area contributed by atoms with Crippen molar-refractivity contribution in [2.45, 2.75) is 25.4 Å². The van der Waals surface area contributed by atoms with Crippen molar-refractivity contribution >= 4 is 6.03 Å². The molecule has 114 valence electrons. The van der Waals surface area contributed by atoms with Gasteiger partial charge >= 0.3 is 6.03 Å². The van der Waals surface area contributed by atoms with Crippen molar-refractivity contribution in [3.8, 4) is 0 Å². The average Bonchev–Trinajstić information content (AvgIpc) is 2.88. The molecule has 0 bridgehead atoms. The van der Waals surface area contributed by atoms with E-state index >= 15 is 0 Å². The summed E-state index contributed by atoms with van der Waals surface area (Å²) in [6.45, 7) is 4.73. The van der Waals surface area contributed by atoms with Gasteiger partial charge in [0.2, 0.25) is 0 Å². The lowest BCUT2D eigenvalue weighted by Gasteiger charge is -2.31. The maximum atomic E-state index is 12.5. The molecule has 2 saturated heterocycles. The van der Waals surface area contributed by atoms with Gasteiger partial charge in [0.1, 0.15) is 0 Å². The van der Waals surface area contributed by atoms with Crippen LogP contribution >= 0.6 is 0 Å². The van der Waals surface area contributed by atoms with Crippen LogP contribution in [-0.2, 0) is 6.54 Å². The predicted octanol–water partition coefficient (Wildman–Crippen LogP) is 0.338. The summed E-state index contributed by atoms with van der Waals surface area (Å²) in [7, 11) is 0. The van der Waals surface area contributed by atoms with Gasteiger partial charge in [0, 0.05) is 44.5 Å². The van der Waals surface area contributed by atoms with E-state index < -0.39 is 0 Å². The maximum Gasteiger partial charge on any atom is 0.320 e. The molecule has 1 aromatic rings. The van der Waals surface area contributed by atoms with Gasteiger partial charge in [-0.05, 0) is 32.0 Å². The van der Waals surface area contributed by atoms with Gasteiger partial charge < -0.3 is 19.7 Å². The van der Waals surface area contributed by atoms with E-state index in [1.807, 2.05) is 15.9 Å². The van der Waals surface area contributed by atoms with Crippen LogP contribution in [0.5, 0.6) is 0 Å². The van der Waals surface area contributed by atoms with Crippen molar-refractivity contribution in [2.24, 2.45) is 0 Å². The molecule has 0 atom stereocenters. The summed E-state index contributed by atoms with van der Waals surface area (Å²) in [5.74, 6) is 0. The fourth-order valence-corrected chi connectivity index (χ4v) is 3.14.